The van der Waals surface area contributed by atoms with E-state index < -0.39 is 12.1 Å². The summed E-state index contributed by atoms with van der Waals surface area (Å²) in [6, 6.07) is 0. The number of Topliss-reactive ketones (excluding diaryl/α,β-unsaturated/α-hetero) is 2. The molecule has 162 valence electrons. The zero-order valence-electron chi connectivity index (χ0n) is 19.1. The van der Waals surface area contributed by atoms with Gasteiger partial charge in [0.2, 0.25) is 0 Å². The van der Waals surface area contributed by atoms with Crippen LogP contribution in [-0.4, -0.2) is 23.6 Å². The molecule has 30 heavy (non-hydrogen) atoms. The summed E-state index contributed by atoms with van der Waals surface area (Å²) in [6.07, 6.45) is 13.4. The van der Waals surface area contributed by atoms with Gasteiger partial charge in [0.15, 0.2) is 11.9 Å². The van der Waals surface area contributed by atoms with E-state index in [1.807, 2.05) is 64.2 Å². The van der Waals surface area contributed by atoms with Crippen molar-refractivity contribution in [2.24, 2.45) is 5.41 Å². The second kappa shape index (κ2) is 11.4. The average Bonchev–Trinajstić information content (AvgIpc) is 2.64. The molecule has 0 spiro atoms. The molecule has 1 rings (SSSR count). The standard InChI is InChI=1S/C26H34O4/c1-8-10-18(2)11-9-12-19(3)13-15-22-21(5)25(29)23(17-26(22,6)7)30-24(28)16-14-20(4)27/h8-13,15,23H,1,14,16-17H2,2-7H3/b11-9+,15-13+,18-10+,19-12+. The number of rotatable bonds is 9. The summed E-state index contributed by atoms with van der Waals surface area (Å²) < 4.78 is 5.40. The van der Waals surface area contributed by atoms with Crippen LogP contribution in [-0.2, 0) is 19.1 Å². The van der Waals surface area contributed by atoms with Gasteiger partial charge in [-0.05, 0) is 44.3 Å². The highest BCUT2D eigenvalue weighted by atomic mass is 16.5. The number of ketones is 2. The lowest BCUT2D eigenvalue weighted by Gasteiger charge is -2.36. The maximum absolute atomic E-state index is 12.8. The van der Waals surface area contributed by atoms with Gasteiger partial charge in [-0.3, -0.25) is 9.59 Å². The Morgan fingerprint density at radius 2 is 1.73 bits per heavy atom. The molecule has 0 bridgehead atoms. The molecule has 0 radical (unpaired) electrons. The van der Waals surface area contributed by atoms with Crippen LogP contribution >= 0.6 is 0 Å². The number of hydrogen-bond donors (Lipinski definition) is 0. The summed E-state index contributed by atoms with van der Waals surface area (Å²) >= 11 is 0. The summed E-state index contributed by atoms with van der Waals surface area (Å²) in [5.74, 6) is -0.745. The van der Waals surface area contributed by atoms with Gasteiger partial charge in [0.25, 0.3) is 0 Å². The smallest absolute Gasteiger partial charge is 0.306 e. The van der Waals surface area contributed by atoms with E-state index in [1.54, 1.807) is 13.0 Å². The van der Waals surface area contributed by atoms with Crippen LogP contribution in [0.25, 0.3) is 0 Å². The highest BCUT2D eigenvalue weighted by Gasteiger charge is 2.39. The van der Waals surface area contributed by atoms with Crippen LogP contribution in [0.2, 0.25) is 0 Å². The Hall–Kier alpha value is -2.75. The van der Waals surface area contributed by atoms with E-state index in [1.165, 1.54) is 6.92 Å². The molecule has 1 aliphatic rings. The first-order valence-electron chi connectivity index (χ1n) is 10.2. The van der Waals surface area contributed by atoms with Crippen LogP contribution in [0.3, 0.4) is 0 Å². The van der Waals surface area contributed by atoms with Crippen molar-refractivity contribution >= 4 is 17.5 Å². The van der Waals surface area contributed by atoms with Crippen molar-refractivity contribution in [3.05, 3.63) is 71.4 Å². The van der Waals surface area contributed by atoms with Crippen molar-refractivity contribution in [2.45, 2.75) is 66.9 Å². The fraction of sp³-hybridized carbons (Fsp3) is 0.423. The second-order valence-electron chi connectivity index (χ2n) is 8.42. The van der Waals surface area contributed by atoms with Gasteiger partial charge in [-0.25, -0.2) is 0 Å². The van der Waals surface area contributed by atoms with Gasteiger partial charge in [0.05, 0.1) is 6.42 Å². The molecule has 0 N–H and O–H groups in total. The minimum absolute atomic E-state index is 0.00797. The molecule has 1 unspecified atom stereocenters. The Morgan fingerprint density at radius 3 is 2.33 bits per heavy atom. The summed E-state index contributed by atoms with van der Waals surface area (Å²) in [7, 11) is 0. The minimum atomic E-state index is -0.796. The predicted molar refractivity (Wildman–Crippen MR) is 122 cm³/mol. The van der Waals surface area contributed by atoms with Crippen LogP contribution in [0.5, 0.6) is 0 Å². The van der Waals surface area contributed by atoms with Gasteiger partial charge in [-0.2, -0.15) is 0 Å². The molecule has 1 aliphatic carbocycles. The van der Waals surface area contributed by atoms with Crippen molar-refractivity contribution in [2.75, 3.05) is 0 Å². The lowest BCUT2D eigenvalue weighted by molar-refractivity contribution is -0.156. The molecule has 0 amide bonds. The van der Waals surface area contributed by atoms with E-state index >= 15 is 0 Å². The Bertz CT molecular complexity index is 844. The van der Waals surface area contributed by atoms with Crippen LogP contribution in [0.15, 0.2) is 71.4 Å². The molecule has 0 saturated heterocycles. The Balaban J connectivity index is 2.96. The summed E-state index contributed by atoms with van der Waals surface area (Å²) in [6.45, 7) is 15.0. The van der Waals surface area contributed by atoms with Gasteiger partial charge in [0, 0.05) is 12.8 Å². The molecule has 0 saturated carbocycles. The van der Waals surface area contributed by atoms with Crippen LogP contribution < -0.4 is 0 Å². The van der Waals surface area contributed by atoms with Crippen molar-refractivity contribution in [3.63, 3.8) is 0 Å². The molecule has 4 heteroatoms. The van der Waals surface area contributed by atoms with Crippen LogP contribution in [0, 0.1) is 5.41 Å². The number of carbonyl (C=O) groups is 3. The number of esters is 1. The summed E-state index contributed by atoms with van der Waals surface area (Å²) in [5, 5.41) is 0. The Morgan fingerprint density at radius 1 is 1.10 bits per heavy atom. The quantitative estimate of drug-likeness (QED) is 0.357. The largest absolute Gasteiger partial charge is 0.454 e. The monoisotopic (exact) mass is 410 g/mol. The third-order valence-electron chi connectivity index (χ3n) is 5.06. The molecule has 0 aromatic rings. The van der Waals surface area contributed by atoms with Gasteiger partial charge in [-0.15, -0.1) is 0 Å². The minimum Gasteiger partial charge on any atom is -0.454 e. The number of carbonyl (C=O) groups excluding carboxylic acids is 3. The number of hydrogen-bond acceptors (Lipinski definition) is 4. The second-order valence-corrected chi connectivity index (χ2v) is 8.42. The predicted octanol–water partition coefficient (Wildman–Crippen LogP) is 5.77. The van der Waals surface area contributed by atoms with Crippen molar-refractivity contribution < 1.29 is 19.1 Å². The fourth-order valence-corrected chi connectivity index (χ4v) is 3.35. The Kier molecular flexibility index (Phi) is 9.64. The first kappa shape index (κ1) is 25.3. The highest BCUT2D eigenvalue weighted by molar-refractivity contribution is 6.01. The van der Waals surface area contributed by atoms with Crippen molar-refractivity contribution in [3.8, 4) is 0 Å². The maximum Gasteiger partial charge on any atom is 0.306 e. The Labute approximate surface area is 180 Å². The topological polar surface area (TPSA) is 60.4 Å². The van der Waals surface area contributed by atoms with Gasteiger partial charge < -0.3 is 9.53 Å². The SMILES string of the molecule is C=C/C=C(C)/C=C/C=C(C)/C=C/C1=C(C)C(=O)C(OC(=O)CCC(C)=O)CC1(C)C. The summed E-state index contributed by atoms with van der Waals surface area (Å²) in [5.41, 5.74) is 3.40. The van der Waals surface area contributed by atoms with E-state index in [9.17, 15) is 14.4 Å². The fourth-order valence-electron chi connectivity index (χ4n) is 3.35. The number of allylic oxidation sites excluding steroid dienone is 10. The van der Waals surface area contributed by atoms with Crippen molar-refractivity contribution in [1.29, 1.82) is 0 Å². The van der Waals surface area contributed by atoms with E-state index in [4.69, 9.17) is 4.74 Å². The lowest BCUT2D eigenvalue weighted by Crippen LogP contribution is -2.39. The van der Waals surface area contributed by atoms with Crippen LogP contribution in [0.4, 0.5) is 0 Å². The first-order valence-corrected chi connectivity index (χ1v) is 10.2. The zero-order valence-corrected chi connectivity index (χ0v) is 19.1. The number of ether oxygens (including phenoxy) is 1. The van der Waals surface area contributed by atoms with Gasteiger partial charge in [-0.1, -0.05) is 74.1 Å². The van der Waals surface area contributed by atoms with Gasteiger partial charge >= 0.3 is 5.97 Å². The molecule has 1 atom stereocenters. The molecular weight excluding hydrogens is 376 g/mol. The van der Waals surface area contributed by atoms with E-state index in [2.05, 4.69) is 6.58 Å². The molecule has 0 fully saturated rings. The van der Waals surface area contributed by atoms with E-state index in [-0.39, 0.29) is 29.8 Å². The first-order chi connectivity index (χ1) is 14.0. The maximum atomic E-state index is 12.8. The zero-order chi connectivity index (χ0) is 22.9. The summed E-state index contributed by atoms with van der Waals surface area (Å²) in [4.78, 5) is 35.8. The molecule has 0 heterocycles. The molecule has 4 nitrogen and oxygen atoms in total. The van der Waals surface area contributed by atoms with Crippen LogP contribution in [0.1, 0.15) is 60.8 Å². The van der Waals surface area contributed by atoms with E-state index in [0.29, 0.717) is 12.0 Å². The third kappa shape index (κ3) is 7.94. The average molecular weight is 411 g/mol. The van der Waals surface area contributed by atoms with E-state index in [0.717, 1.165) is 16.7 Å². The highest BCUT2D eigenvalue weighted by Crippen LogP contribution is 2.40. The normalized spacial score (nSPS) is 20.2. The molecule has 0 aliphatic heterocycles. The van der Waals surface area contributed by atoms with Gasteiger partial charge in [0.1, 0.15) is 5.78 Å². The molecular formula is C26H34O4. The third-order valence-corrected chi connectivity index (χ3v) is 5.06. The lowest BCUT2D eigenvalue weighted by atomic mass is 9.71. The van der Waals surface area contributed by atoms with Crippen molar-refractivity contribution in [1.82, 2.24) is 0 Å². The molecule has 0 aromatic heterocycles. The molecule has 0 aromatic carbocycles.